The van der Waals surface area contributed by atoms with Crippen molar-refractivity contribution in [2.45, 2.75) is 32.7 Å². The molecule has 15 heavy (non-hydrogen) atoms. The average molecular weight is 209 g/mol. The van der Waals surface area contributed by atoms with E-state index in [-0.39, 0.29) is 0 Å². The molecule has 0 bridgehead atoms. The van der Waals surface area contributed by atoms with Crippen LogP contribution in [0.25, 0.3) is 0 Å². The van der Waals surface area contributed by atoms with Gasteiger partial charge < -0.3 is 10.1 Å². The highest BCUT2D eigenvalue weighted by Crippen LogP contribution is 2.28. The molecule has 0 amide bonds. The van der Waals surface area contributed by atoms with E-state index in [2.05, 4.69) is 11.4 Å². The number of benzene rings is 1. The Morgan fingerprint density at radius 3 is 2.93 bits per heavy atom. The van der Waals surface area contributed by atoms with E-state index in [0.29, 0.717) is 5.75 Å². The number of hydrogen-bond acceptors (Lipinski definition) is 2. The summed E-state index contributed by atoms with van der Waals surface area (Å²) in [7, 11) is 0. The number of nitrogens with one attached hydrogen (secondary N) is 1. The zero-order valence-corrected chi connectivity index (χ0v) is 9.14. The molecule has 0 fully saturated rings. The van der Waals surface area contributed by atoms with E-state index in [4.69, 9.17) is 4.74 Å². The van der Waals surface area contributed by atoms with Gasteiger partial charge in [-0.05, 0) is 24.6 Å². The van der Waals surface area contributed by atoms with Crippen molar-refractivity contribution < 1.29 is 9.13 Å². The predicted molar refractivity (Wildman–Crippen MR) is 57.7 cm³/mol. The van der Waals surface area contributed by atoms with Gasteiger partial charge in [-0.15, -0.1) is 0 Å². The molecule has 0 atom stereocenters. The smallest absolute Gasteiger partial charge is 0.242 e. The molecule has 0 spiro atoms. The van der Waals surface area contributed by atoms with Crippen LogP contribution < -0.4 is 10.1 Å². The lowest BCUT2D eigenvalue weighted by molar-refractivity contribution is -0.0266. The van der Waals surface area contributed by atoms with Gasteiger partial charge in [-0.25, -0.2) is 0 Å². The van der Waals surface area contributed by atoms with Crippen molar-refractivity contribution in [1.29, 1.82) is 0 Å². The molecular formula is C12H16FNO. The molecule has 1 N–H and O–H groups in total. The summed E-state index contributed by atoms with van der Waals surface area (Å²) in [4.78, 5) is 0. The van der Waals surface area contributed by atoms with Crippen molar-refractivity contribution >= 4 is 0 Å². The number of rotatable bonds is 2. The quantitative estimate of drug-likeness (QED) is 0.807. The van der Waals surface area contributed by atoms with E-state index in [1.807, 2.05) is 12.1 Å². The topological polar surface area (TPSA) is 21.3 Å². The van der Waals surface area contributed by atoms with E-state index in [1.54, 1.807) is 0 Å². The van der Waals surface area contributed by atoms with E-state index < -0.39 is 5.85 Å². The molecule has 2 nitrogen and oxygen atoms in total. The summed E-state index contributed by atoms with van der Waals surface area (Å²) < 4.78 is 18.7. The van der Waals surface area contributed by atoms with Crippen LogP contribution in [0.1, 0.15) is 25.0 Å². The Bertz CT molecular complexity index is 357. The Hall–Kier alpha value is -1.09. The molecule has 0 aromatic heterocycles. The summed E-state index contributed by atoms with van der Waals surface area (Å²) in [5.74, 6) is -0.959. The van der Waals surface area contributed by atoms with Crippen LogP contribution in [0.2, 0.25) is 0 Å². The van der Waals surface area contributed by atoms with Crippen LogP contribution in [0.4, 0.5) is 4.39 Å². The van der Waals surface area contributed by atoms with Crippen LogP contribution in [0, 0.1) is 0 Å². The standard InChI is InChI=1S/C12H16FNO/c1-12(2,13)15-11-5-3-4-9-6-7-14-8-10(9)11/h3-5,14H,6-8H2,1-2H3. The third kappa shape index (κ3) is 2.48. The van der Waals surface area contributed by atoms with Gasteiger partial charge in [-0.3, -0.25) is 0 Å². The van der Waals surface area contributed by atoms with Crippen molar-refractivity contribution in [3.05, 3.63) is 29.3 Å². The number of ether oxygens (including phenoxy) is 1. The molecule has 3 heteroatoms. The van der Waals surface area contributed by atoms with Gasteiger partial charge in [0.05, 0.1) is 0 Å². The van der Waals surface area contributed by atoms with E-state index >= 15 is 0 Å². The molecular weight excluding hydrogens is 193 g/mol. The number of fused-ring (bicyclic) bond motifs is 1. The van der Waals surface area contributed by atoms with E-state index in [0.717, 1.165) is 25.1 Å². The lowest BCUT2D eigenvalue weighted by Crippen LogP contribution is -2.27. The predicted octanol–water partition coefficient (Wildman–Crippen LogP) is 2.42. The number of hydrogen-bond donors (Lipinski definition) is 1. The van der Waals surface area contributed by atoms with Gasteiger partial charge in [-0.2, -0.15) is 4.39 Å². The highest BCUT2D eigenvalue weighted by Gasteiger charge is 2.21. The lowest BCUT2D eigenvalue weighted by atomic mass is 10.0. The van der Waals surface area contributed by atoms with Crippen molar-refractivity contribution in [2.75, 3.05) is 6.54 Å². The van der Waals surface area contributed by atoms with E-state index in [9.17, 15) is 4.39 Å². The second-order valence-electron chi connectivity index (χ2n) is 4.29. The monoisotopic (exact) mass is 209 g/mol. The van der Waals surface area contributed by atoms with Crippen LogP contribution in [0.15, 0.2) is 18.2 Å². The van der Waals surface area contributed by atoms with Crippen molar-refractivity contribution in [1.82, 2.24) is 5.32 Å². The van der Waals surface area contributed by atoms with Crippen molar-refractivity contribution in [3.8, 4) is 5.75 Å². The minimum atomic E-state index is -1.62. The maximum absolute atomic E-state index is 13.4. The Labute approximate surface area is 89.4 Å². The zero-order valence-electron chi connectivity index (χ0n) is 9.14. The molecule has 2 rings (SSSR count). The molecule has 82 valence electrons. The second-order valence-corrected chi connectivity index (χ2v) is 4.29. The molecule has 1 aliphatic heterocycles. The van der Waals surface area contributed by atoms with Crippen LogP contribution in [-0.2, 0) is 13.0 Å². The Kier molecular flexibility index (Phi) is 2.65. The highest BCUT2D eigenvalue weighted by atomic mass is 19.2. The normalized spacial score (nSPS) is 15.9. The van der Waals surface area contributed by atoms with Gasteiger partial charge in [0.1, 0.15) is 5.75 Å². The first kappa shape index (κ1) is 10.4. The molecule has 1 aromatic carbocycles. The summed E-state index contributed by atoms with van der Waals surface area (Å²) in [6, 6.07) is 5.83. The van der Waals surface area contributed by atoms with Gasteiger partial charge in [0.25, 0.3) is 0 Å². The minimum absolute atomic E-state index is 0.659. The lowest BCUT2D eigenvalue weighted by Gasteiger charge is -2.24. The first-order valence-electron chi connectivity index (χ1n) is 5.26. The fourth-order valence-electron chi connectivity index (χ4n) is 1.84. The van der Waals surface area contributed by atoms with Crippen LogP contribution >= 0.6 is 0 Å². The number of halogens is 1. The highest BCUT2D eigenvalue weighted by molar-refractivity contribution is 5.41. The summed E-state index contributed by atoms with van der Waals surface area (Å²) >= 11 is 0. The van der Waals surface area contributed by atoms with Gasteiger partial charge in [-0.1, -0.05) is 12.1 Å². The molecule has 1 aliphatic rings. The number of alkyl halides is 1. The minimum Gasteiger partial charge on any atom is -0.458 e. The molecule has 0 aliphatic carbocycles. The van der Waals surface area contributed by atoms with Crippen molar-refractivity contribution in [3.63, 3.8) is 0 Å². The summed E-state index contributed by atoms with van der Waals surface area (Å²) in [5, 5.41) is 3.26. The Morgan fingerprint density at radius 2 is 2.20 bits per heavy atom. The maximum Gasteiger partial charge on any atom is 0.242 e. The van der Waals surface area contributed by atoms with Gasteiger partial charge in [0.2, 0.25) is 5.85 Å². The van der Waals surface area contributed by atoms with Crippen LogP contribution in [0.3, 0.4) is 0 Å². The SMILES string of the molecule is CC(C)(F)Oc1cccc2c1CNCC2. The maximum atomic E-state index is 13.4. The molecule has 0 saturated heterocycles. The van der Waals surface area contributed by atoms with Gasteiger partial charge in [0, 0.05) is 26.0 Å². The molecule has 0 unspecified atom stereocenters. The fourth-order valence-corrected chi connectivity index (χ4v) is 1.84. The summed E-state index contributed by atoms with van der Waals surface area (Å²) in [6.45, 7) is 4.59. The van der Waals surface area contributed by atoms with Crippen LogP contribution in [0.5, 0.6) is 5.75 Å². The molecule has 0 saturated carbocycles. The summed E-state index contributed by atoms with van der Waals surface area (Å²) in [5.41, 5.74) is 2.35. The average Bonchev–Trinajstić information content (AvgIpc) is 2.16. The molecule has 0 radical (unpaired) electrons. The van der Waals surface area contributed by atoms with Gasteiger partial charge in [0.15, 0.2) is 0 Å². The second kappa shape index (κ2) is 3.81. The Balaban J connectivity index is 2.31. The van der Waals surface area contributed by atoms with E-state index in [1.165, 1.54) is 19.4 Å². The van der Waals surface area contributed by atoms with Crippen LogP contribution in [-0.4, -0.2) is 12.4 Å². The first-order chi connectivity index (χ1) is 7.06. The third-order valence-corrected chi connectivity index (χ3v) is 2.46. The largest absolute Gasteiger partial charge is 0.458 e. The molecule has 1 aromatic rings. The Morgan fingerprint density at radius 1 is 1.40 bits per heavy atom. The molecule has 1 heterocycles. The first-order valence-corrected chi connectivity index (χ1v) is 5.26. The third-order valence-electron chi connectivity index (χ3n) is 2.46. The summed E-state index contributed by atoms with van der Waals surface area (Å²) in [6.07, 6.45) is 0.985. The van der Waals surface area contributed by atoms with Gasteiger partial charge >= 0.3 is 0 Å². The van der Waals surface area contributed by atoms with Crippen molar-refractivity contribution in [2.24, 2.45) is 0 Å². The zero-order chi connectivity index (χ0) is 10.9. The fraction of sp³-hybridized carbons (Fsp3) is 0.500.